The smallest absolute Gasteiger partial charge is 0.118 e. The van der Waals surface area contributed by atoms with E-state index in [0.717, 1.165) is 29.0 Å². The molecule has 0 N–H and O–H groups in total. The summed E-state index contributed by atoms with van der Waals surface area (Å²) in [5, 5.41) is 0. The molecular weight excluding hydrogens is 320 g/mol. The molecule has 0 saturated carbocycles. The molecule has 3 aromatic carbocycles. The summed E-state index contributed by atoms with van der Waals surface area (Å²) in [6.45, 7) is 6.56. The van der Waals surface area contributed by atoms with Crippen LogP contribution in [0, 0.1) is 19.9 Å². The van der Waals surface area contributed by atoms with Gasteiger partial charge in [0.2, 0.25) is 0 Å². The number of hydrogen-bond acceptors (Lipinski definition) is 2. The lowest BCUT2D eigenvalue weighted by molar-refractivity contribution is 0.415. The molecule has 3 rings (SSSR count). The fourth-order valence-electron chi connectivity index (χ4n) is 3.49. The van der Waals surface area contributed by atoms with Crippen molar-refractivity contribution < 1.29 is 9.47 Å². The molecule has 0 bridgehead atoms. The lowest BCUT2D eigenvalue weighted by Gasteiger charge is -2.19. The third kappa shape index (κ3) is 3.32. The predicted molar refractivity (Wildman–Crippen MR) is 108 cm³/mol. The highest BCUT2D eigenvalue weighted by molar-refractivity contribution is 5.81. The molecule has 0 aromatic heterocycles. The van der Waals surface area contributed by atoms with Gasteiger partial charge in [-0.1, -0.05) is 31.2 Å². The van der Waals surface area contributed by atoms with Gasteiger partial charge < -0.3 is 9.47 Å². The molecule has 2 nitrogen and oxygen atoms in total. The lowest BCUT2D eigenvalue weighted by atomic mass is 9.86. The largest absolute Gasteiger partial charge is 0.497 e. The average molecular weight is 345 g/mol. The van der Waals surface area contributed by atoms with Crippen LogP contribution in [0.2, 0.25) is 0 Å². The van der Waals surface area contributed by atoms with Crippen LogP contribution in [0.4, 0.5) is 0 Å². The van der Waals surface area contributed by atoms with Gasteiger partial charge >= 0.3 is 0 Å². The number of benzene rings is 3. The second-order valence-corrected chi connectivity index (χ2v) is 6.41. The van der Waals surface area contributed by atoms with Crippen molar-refractivity contribution in [1.29, 1.82) is 0 Å². The van der Waals surface area contributed by atoms with Gasteiger partial charge in [0, 0.05) is 0 Å². The summed E-state index contributed by atoms with van der Waals surface area (Å²) < 4.78 is 10.6. The molecule has 0 fully saturated rings. The van der Waals surface area contributed by atoms with Crippen molar-refractivity contribution in [3.63, 3.8) is 0 Å². The summed E-state index contributed by atoms with van der Waals surface area (Å²) in [4.78, 5) is 0. The van der Waals surface area contributed by atoms with Gasteiger partial charge in [0.1, 0.15) is 11.5 Å². The molecule has 0 aliphatic rings. The number of aryl methyl sites for hydroxylation is 1. The minimum atomic E-state index is 0.865. The van der Waals surface area contributed by atoms with Gasteiger partial charge in [-0.15, -0.1) is 0 Å². The number of rotatable bonds is 5. The van der Waals surface area contributed by atoms with Crippen LogP contribution in [-0.4, -0.2) is 14.2 Å². The molecule has 133 valence electrons. The maximum Gasteiger partial charge on any atom is 0.118 e. The van der Waals surface area contributed by atoms with Gasteiger partial charge in [-0.3, -0.25) is 0 Å². The maximum atomic E-state index is 5.31. The van der Waals surface area contributed by atoms with Crippen molar-refractivity contribution in [1.82, 2.24) is 0 Å². The Morgan fingerprint density at radius 2 is 1.23 bits per heavy atom. The Hall–Kier alpha value is -2.74. The van der Waals surface area contributed by atoms with Gasteiger partial charge in [-0.05, 0) is 89.5 Å². The van der Waals surface area contributed by atoms with E-state index in [1.807, 2.05) is 24.3 Å². The Kier molecular flexibility index (Phi) is 5.32. The Balaban J connectivity index is 2.19. The van der Waals surface area contributed by atoms with E-state index < -0.39 is 0 Å². The van der Waals surface area contributed by atoms with E-state index in [1.54, 1.807) is 14.2 Å². The zero-order chi connectivity index (χ0) is 18.7. The van der Waals surface area contributed by atoms with Crippen LogP contribution >= 0.6 is 0 Å². The second kappa shape index (κ2) is 7.65. The minimum absolute atomic E-state index is 0.865. The summed E-state index contributed by atoms with van der Waals surface area (Å²) in [6, 6.07) is 20.2. The van der Waals surface area contributed by atoms with Crippen molar-refractivity contribution >= 4 is 0 Å². The molecule has 3 aromatic rings. The van der Waals surface area contributed by atoms with Crippen molar-refractivity contribution in [2.24, 2.45) is 0 Å². The van der Waals surface area contributed by atoms with Crippen molar-refractivity contribution in [3.8, 4) is 33.8 Å². The molecule has 2 heteroatoms. The Bertz CT molecular complexity index is 891. The van der Waals surface area contributed by atoms with Crippen LogP contribution in [0.1, 0.15) is 23.6 Å². The first-order valence-electron chi connectivity index (χ1n) is 8.93. The first-order chi connectivity index (χ1) is 12.6. The average Bonchev–Trinajstić information content (AvgIpc) is 2.69. The summed E-state index contributed by atoms with van der Waals surface area (Å²) in [6.07, 6.45) is 0.957. The van der Waals surface area contributed by atoms with Gasteiger partial charge in [0.05, 0.1) is 14.2 Å². The van der Waals surface area contributed by atoms with Crippen molar-refractivity contribution in [3.05, 3.63) is 71.3 Å². The Labute approximate surface area is 156 Å². The number of hydrogen-bond donors (Lipinski definition) is 0. The molecule has 0 amide bonds. The molecule has 0 saturated heterocycles. The molecule has 0 unspecified atom stereocenters. The topological polar surface area (TPSA) is 18.5 Å². The summed E-state index contributed by atoms with van der Waals surface area (Å²) in [5.41, 5.74) is 8.61. The van der Waals surface area contributed by atoms with Crippen LogP contribution < -0.4 is 9.47 Å². The molecule has 0 heterocycles. The molecule has 1 radical (unpaired) electrons. The quantitative estimate of drug-likeness (QED) is 0.563. The minimum Gasteiger partial charge on any atom is -0.497 e. The van der Waals surface area contributed by atoms with Crippen LogP contribution in [0.5, 0.6) is 11.5 Å². The van der Waals surface area contributed by atoms with Crippen LogP contribution in [0.25, 0.3) is 22.3 Å². The van der Waals surface area contributed by atoms with E-state index >= 15 is 0 Å². The molecule has 0 atom stereocenters. The fourth-order valence-corrected chi connectivity index (χ4v) is 3.49. The molecule has 0 aliphatic heterocycles. The fraction of sp³-hybridized carbons (Fsp3) is 0.250. The predicted octanol–water partition coefficient (Wildman–Crippen LogP) is 6.02. The number of ether oxygens (including phenoxy) is 2. The Morgan fingerprint density at radius 3 is 1.69 bits per heavy atom. The third-order valence-corrected chi connectivity index (χ3v) is 4.96. The van der Waals surface area contributed by atoms with E-state index in [4.69, 9.17) is 9.47 Å². The summed E-state index contributed by atoms with van der Waals surface area (Å²) >= 11 is 0. The summed E-state index contributed by atoms with van der Waals surface area (Å²) in [7, 11) is 3.38. The zero-order valence-electron chi connectivity index (χ0n) is 16.1. The van der Waals surface area contributed by atoms with Gasteiger partial charge in [-0.2, -0.15) is 0 Å². The van der Waals surface area contributed by atoms with Crippen molar-refractivity contribution in [2.75, 3.05) is 14.2 Å². The van der Waals surface area contributed by atoms with Crippen LogP contribution in [-0.2, 0) is 6.42 Å². The van der Waals surface area contributed by atoms with E-state index in [0.29, 0.717) is 0 Å². The van der Waals surface area contributed by atoms with Crippen LogP contribution in [0.15, 0.2) is 48.5 Å². The molecular formula is C24H25O2. The van der Waals surface area contributed by atoms with Gasteiger partial charge in [0.25, 0.3) is 0 Å². The highest BCUT2D eigenvalue weighted by Crippen LogP contribution is 2.37. The van der Waals surface area contributed by atoms with E-state index in [-0.39, 0.29) is 0 Å². The zero-order valence-corrected chi connectivity index (χ0v) is 16.1. The third-order valence-electron chi connectivity index (χ3n) is 4.96. The van der Waals surface area contributed by atoms with E-state index in [2.05, 4.69) is 51.1 Å². The SMILES string of the molecule is CCc1[c]c(-c2ccc(OC)cc2)c(C)c(-c2ccc(OC)cc2)c1C. The van der Waals surface area contributed by atoms with Crippen LogP contribution in [0.3, 0.4) is 0 Å². The van der Waals surface area contributed by atoms with E-state index in [9.17, 15) is 0 Å². The van der Waals surface area contributed by atoms with Gasteiger partial charge in [0.15, 0.2) is 0 Å². The maximum absolute atomic E-state index is 5.31. The van der Waals surface area contributed by atoms with Crippen molar-refractivity contribution in [2.45, 2.75) is 27.2 Å². The second-order valence-electron chi connectivity index (χ2n) is 6.41. The highest BCUT2D eigenvalue weighted by atomic mass is 16.5. The van der Waals surface area contributed by atoms with E-state index in [1.165, 1.54) is 27.8 Å². The first-order valence-corrected chi connectivity index (χ1v) is 8.93. The highest BCUT2D eigenvalue weighted by Gasteiger charge is 2.15. The monoisotopic (exact) mass is 345 g/mol. The normalized spacial score (nSPS) is 10.7. The Morgan fingerprint density at radius 1 is 0.731 bits per heavy atom. The molecule has 0 spiro atoms. The molecule has 26 heavy (non-hydrogen) atoms. The standard InChI is InChI=1S/C24H25O2/c1-6-18-15-23(19-7-11-21(25-4)12-8-19)17(3)24(16(18)2)20-9-13-22(26-5)14-10-20/h7-14H,6H2,1-5H3. The lowest BCUT2D eigenvalue weighted by Crippen LogP contribution is -1.98. The molecule has 0 aliphatic carbocycles. The summed E-state index contributed by atoms with van der Waals surface area (Å²) in [5.74, 6) is 1.74. The first kappa shape index (κ1) is 18.1. The number of methoxy groups -OCH3 is 2. The van der Waals surface area contributed by atoms with Gasteiger partial charge in [-0.25, -0.2) is 0 Å².